The average Bonchev–Trinajstić information content (AvgIpc) is 3.00. The number of aliphatic hydroxyl groups is 1. The second-order valence-electron chi connectivity index (χ2n) is 4.62. The molecule has 0 unspecified atom stereocenters. The number of amides is 1. The van der Waals surface area contributed by atoms with E-state index in [0.29, 0.717) is 18.5 Å². The molecular formula is C17H17NO3. The summed E-state index contributed by atoms with van der Waals surface area (Å²) in [6.07, 6.45) is 3.63. The van der Waals surface area contributed by atoms with E-state index in [9.17, 15) is 4.79 Å². The molecule has 4 nitrogen and oxygen atoms in total. The van der Waals surface area contributed by atoms with E-state index in [1.165, 1.54) is 0 Å². The Hall–Kier alpha value is -2.51. The molecule has 0 aliphatic carbocycles. The lowest BCUT2D eigenvalue weighted by Crippen LogP contribution is -2.22. The van der Waals surface area contributed by atoms with E-state index in [0.717, 1.165) is 16.7 Å². The highest BCUT2D eigenvalue weighted by Gasteiger charge is 2.07. The second kappa shape index (κ2) is 7.32. The predicted molar refractivity (Wildman–Crippen MR) is 79.6 cm³/mol. The van der Waals surface area contributed by atoms with Crippen molar-refractivity contribution >= 4 is 5.91 Å². The van der Waals surface area contributed by atoms with Gasteiger partial charge in [0.1, 0.15) is 0 Å². The van der Waals surface area contributed by atoms with Gasteiger partial charge in [-0.05, 0) is 36.8 Å². The van der Waals surface area contributed by atoms with Gasteiger partial charge in [-0.2, -0.15) is 0 Å². The van der Waals surface area contributed by atoms with Crippen LogP contribution in [0, 0.1) is 18.8 Å². The fourth-order valence-corrected chi connectivity index (χ4v) is 1.84. The van der Waals surface area contributed by atoms with Crippen LogP contribution >= 0.6 is 0 Å². The van der Waals surface area contributed by atoms with Gasteiger partial charge in [-0.25, -0.2) is 0 Å². The Balaban J connectivity index is 2.02. The number of carbonyl (C=O) groups is 1. The van der Waals surface area contributed by atoms with E-state index in [4.69, 9.17) is 9.52 Å². The summed E-state index contributed by atoms with van der Waals surface area (Å²) >= 11 is 0. The maximum absolute atomic E-state index is 12.1. The molecule has 0 saturated carbocycles. The summed E-state index contributed by atoms with van der Waals surface area (Å²) in [6, 6.07) is 7.20. The number of hydrogen-bond donors (Lipinski definition) is 2. The van der Waals surface area contributed by atoms with Crippen molar-refractivity contribution in [3.05, 3.63) is 59.0 Å². The molecule has 1 amide bonds. The Bertz CT molecular complexity index is 663. The number of aryl methyl sites for hydroxylation is 1. The van der Waals surface area contributed by atoms with Gasteiger partial charge in [0.15, 0.2) is 0 Å². The lowest BCUT2D eigenvalue weighted by atomic mass is 10.0. The largest absolute Gasteiger partial charge is 0.472 e. The highest BCUT2D eigenvalue weighted by molar-refractivity contribution is 5.94. The van der Waals surface area contributed by atoms with Crippen molar-refractivity contribution in [2.75, 3.05) is 6.61 Å². The first-order valence-electron chi connectivity index (χ1n) is 6.70. The van der Waals surface area contributed by atoms with E-state index < -0.39 is 0 Å². The zero-order valence-corrected chi connectivity index (χ0v) is 11.8. The van der Waals surface area contributed by atoms with Crippen LogP contribution in [0.25, 0.3) is 0 Å². The van der Waals surface area contributed by atoms with Crippen LogP contribution in [0.15, 0.2) is 41.2 Å². The Morgan fingerprint density at radius 1 is 1.38 bits per heavy atom. The summed E-state index contributed by atoms with van der Waals surface area (Å²) in [6.45, 7) is 2.41. The molecule has 0 saturated heterocycles. The summed E-state index contributed by atoms with van der Waals surface area (Å²) in [5.74, 6) is 5.72. The summed E-state index contributed by atoms with van der Waals surface area (Å²) in [4.78, 5) is 12.1. The summed E-state index contributed by atoms with van der Waals surface area (Å²) < 4.78 is 4.95. The molecule has 21 heavy (non-hydrogen) atoms. The lowest BCUT2D eigenvalue weighted by molar-refractivity contribution is 0.0951. The van der Waals surface area contributed by atoms with E-state index in [1.54, 1.807) is 18.6 Å². The van der Waals surface area contributed by atoms with E-state index in [1.807, 2.05) is 25.1 Å². The van der Waals surface area contributed by atoms with Gasteiger partial charge in [0.05, 0.1) is 19.1 Å². The molecule has 0 spiro atoms. The molecular weight excluding hydrogens is 266 g/mol. The van der Waals surface area contributed by atoms with Crippen LogP contribution in [0.2, 0.25) is 0 Å². The molecule has 0 bridgehead atoms. The van der Waals surface area contributed by atoms with Crippen LogP contribution in [-0.2, 0) is 6.54 Å². The second-order valence-corrected chi connectivity index (χ2v) is 4.62. The molecule has 2 N–H and O–H groups in total. The van der Waals surface area contributed by atoms with Crippen LogP contribution in [0.5, 0.6) is 0 Å². The molecule has 2 rings (SSSR count). The molecule has 0 atom stereocenters. The van der Waals surface area contributed by atoms with Gasteiger partial charge in [0, 0.05) is 29.7 Å². The predicted octanol–water partition coefficient (Wildman–Crippen LogP) is 2.25. The quantitative estimate of drug-likeness (QED) is 0.846. The summed E-state index contributed by atoms with van der Waals surface area (Å²) in [5, 5.41) is 11.5. The number of furan rings is 1. The SMILES string of the molecule is Cc1cc(C(=O)NCc2ccoc2)ccc1C#CCCO. The molecule has 0 radical (unpaired) electrons. The third kappa shape index (κ3) is 4.23. The van der Waals surface area contributed by atoms with Gasteiger partial charge in [0.2, 0.25) is 0 Å². The van der Waals surface area contributed by atoms with E-state index in [-0.39, 0.29) is 12.5 Å². The third-order valence-corrected chi connectivity index (χ3v) is 2.98. The van der Waals surface area contributed by atoms with Gasteiger partial charge < -0.3 is 14.8 Å². The number of hydrogen-bond acceptors (Lipinski definition) is 3. The molecule has 0 aliphatic rings. The lowest BCUT2D eigenvalue weighted by Gasteiger charge is -2.06. The van der Waals surface area contributed by atoms with Gasteiger partial charge >= 0.3 is 0 Å². The van der Waals surface area contributed by atoms with Crippen molar-refractivity contribution in [2.24, 2.45) is 0 Å². The van der Waals surface area contributed by atoms with Crippen LogP contribution in [0.1, 0.15) is 33.5 Å². The van der Waals surface area contributed by atoms with Crippen molar-refractivity contribution < 1.29 is 14.3 Å². The number of aliphatic hydroxyl groups excluding tert-OH is 1. The topological polar surface area (TPSA) is 62.5 Å². The monoisotopic (exact) mass is 283 g/mol. The summed E-state index contributed by atoms with van der Waals surface area (Å²) in [5.41, 5.74) is 3.33. The van der Waals surface area contributed by atoms with Gasteiger partial charge in [0.25, 0.3) is 5.91 Å². The minimum absolute atomic E-state index is 0.0561. The summed E-state index contributed by atoms with van der Waals surface area (Å²) in [7, 11) is 0. The molecule has 1 heterocycles. The van der Waals surface area contributed by atoms with Gasteiger partial charge in [-0.15, -0.1) is 0 Å². The maximum Gasteiger partial charge on any atom is 0.251 e. The van der Waals surface area contributed by atoms with Crippen molar-refractivity contribution in [3.63, 3.8) is 0 Å². The van der Waals surface area contributed by atoms with E-state index >= 15 is 0 Å². The fraction of sp³-hybridized carbons (Fsp3) is 0.235. The third-order valence-electron chi connectivity index (χ3n) is 2.98. The van der Waals surface area contributed by atoms with Crippen molar-refractivity contribution in [1.82, 2.24) is 5.32 Å². The smallest absolute Gasteiger partial charge is 0.251 e. The minimum atomic E-state index is -0.130. The number of rotatable bonds is 4. The van der Waals surface area contributed by atoms with Crippen LogP contribution in [-0.4, -0.2) is 17.6 Å². The molecule has 2 aromatic rings. The molecule has 4 heteroatoms. The minimum Gasteiger partial charge on any atom is -0.472 e. The van der Waals surface area contributed by atoms with Gasteiger partial charge in [-0.1, -0.05) is 11.8 Å². The number of nitrogens with one attached hydrogen (secondary N) is 1. The van der Waals surface area contributed by atoms with Crippen LogP contribution in [0.3, 0.4) is 0 Å². The Labute approximate surface area is 123 Å². The number of carbonyl (C=O) groups excluding carboxylic acids is 1. The number of benzene rings is 1. The van der Waals surface area contributed by atoms with Gasteiger partial charge in [-0.3, -0.25) is 4.79 Å². The maximum atomic E-state index is 12.1. The fourth-order valence-electron chi connectivity index (χ4n) is 1.84. The Morgan fingerprint density at radius 2 is 2.24 bits per heavy atom. The van der Waals surface area contributed by atoms with Crippen LogP contribution < -0.4 is 5.32 Å². The highest BCUT2D eigenvalue weighted by atomic mass is 16.3. The van der Waals surface area contributed by atoms with Crippen LogP contribution in [0.4, 0.5) is 0 Å². The molecule has 108 valence electrons. The zero-order chi connectivity index (χ0) is 15.1. The zero-order valence-electron chi connectivity index (χ0n) is 11.8. The normalized spacial score (nSPS) is 9.81. The molecule has 1 aromatic heterocycles. The van der Waals surface area contributed by atoms with Crippen molar-refractivity contribution in [1.29, 1.82) is 0 Å². The first-order chi connectivity index (χ1) is 10.2. The average molecular weight is 283 g/mol. The first-order valence-corrected chi connectivity index (χ1v) is 6.70. The Morgan fingerprint density at radius 3 is 2.90 bits per heavy atom. The molecule has 0 aliphatic heterocycles. The molecule has 0 fully saturated rings. The van der Waals surface area contributed by atoms with E-state index in [2.05, 4.69) is 17.2 Å². The molecule has 1 aromatic carbocycles. The standard InChI is InChI=1S/C17H17NO3/c1-13-10-16(6-5-15(13)4-2-3-8-19)17(20)18-11-14-7-9-21-12-14/h5-7,9-10,12,19H,3,8,11H2,1H3,(H,18,20). The van der Waals surface area contributed by atoms with Crippen molar-refractivity contribution in [2.45, 2.75) is 19.9 Å². The van der Waals surface area contributed by atoms with Crippen molar-refractivity contribution in [3.8, 4) is 11.8 Å². The Kier molecular flexibility index (Phi) is 5.19. The first kappa shape index (κ1) is 14.9. The highest BCUT2D eigenvalue weighted by Crippen LogP contribution is 2.10.